The lowest BCUT2D eigenvalue weighted by Crippen LogP contribution is -2.16. The van der Waals surface area contributed by atoms with Crippen molar-refractivity contribution >= 4 is 17.5 Å². The molecule has 0 saturated heterocycles. The van der Waals surface area contributed by atoms with Crippen molar-refractivity contribution in [3.8, 4) is 0 Å². The Labute approximate surface area is 141 Å². The third-order valence-electron chi connectivity index (χ3n) is 3.22. The van der Waals surface area contributed by atoms with E-state index in [1.54, 1.807) is 0 Å². The summed E-state index contributed by atoms with van der Waals surface area (Å²) in [4.78, 5) is 24.1. The van der Waals surface area contributed by atoms with Gasteiger partial charge in [-0.15, -0.1) is 0 Å². The monoisotopic (exact) mass is 334 g/mol. The van der Waals surface area contributed by atoms with Crippen LogP contribution >= 0.6 is 0 Å². The highest BCUT2D eigenvalue weighted by atomic mass is 16.5. The van der Waals surface area contributed by atoms with Gasteiger partial charge in [0.2, 0.25) is 0 Å². The topological polar surface area (TPSA) is 71.1 Å². The van der Waals surface area contributed by atoms with Crippen molar-refractivity contribution in [1.82, 2.24) is 0 Å². The minimum Gasteiger partial charge on any atom is -0.466 e. The normalized spacial score (nSPS) is 12.4. The fourth-order valence-electron chi connectivity index (χ4n) is 2.18. The second-order valence-electron chi connectivity index (χ2n) is 4.77. The van der Waals surface area contributed by atoms with Gasteiger partial charge in [-0.2, -0.15) is 0 Å². The number of esters is 2. The molecule has 130 valence electrons. The molecule has 0 atom stereocenters. The van der Waals surface area contributed by atoms with Gasteiger partial charge in [-0.3, -0.25) is 0 Å². The molecule has 0 aliphatic heterocycles. The van der Waals surface area contributed by atoms with Crippen LogP contribution < -0.4 is 0 Å². The molecule has 0 heterocycles. The molecule has 1 aromatic rings. The Kier molecular flexibility index (Phi) is 8.46. The Hall–Kier alpha value is -2.44. The molecular weight excluding hydrogens is 312 g/mol. The molecule has 0 bridgehead atoms. The van der Waals surface area contributed by atoms with Gasteiger partial charge < -0.3 is 18.9 Å². The van der Waals surface area contributed by atoms with Crippen molar-refractivity contribution in [3.63, 3.8) is 0 Å². The van der Waals surface area contributed by atoms with E-state index in [9.17, 15) is 9.59 Å². The lowest BCUT2D eigenvalue weighted by Gasteiger charge is -2.16. The first-order chi connectivity index (χ1) is 11.6. The predicted molar refractivity (Wildman–Crippen MR) is 89.2 cm³/mol. The maximum atomic E-state index is 12.4. The van der Waals surface area contributed by atoms with Crippen molar-refractivity contribution in [1.29, 1.82) is 0 Å². The van der Waals surface area contributed by atoms with E-state index in [1.165, 1.54) is 34.5 Å². The van der Waals surface area contributed by atoms with E-state index >= 15 is 0 Å². The molecule has 0 unspecified atom stereocenters. The maximum absolute atomic E-state index is 12.4. The Morgan fingerprint density at radius 2 is 1.54 bits per heavy atom. The fraction of sp³-hybridized carbons (Fsp3) is 0.333. The molecule has 0 aliphatic carbocycles. The zero-order chi connectivity index (χ0) is 17.9. The third kappa shape index (κ3) is 5.33. The number of carbonyl (C=O) groups excluding carboxylic acids is 2. The smallest absolute Gasteiger partial charge is 0.338 e. The van der Waals surface area contributed by atoms with Crippen molar-refractivity contribution < 1.29 is 28.5 Å². The average Bonchev–Trinajstić information content (AvgIpc) is 2.61. The molecule has 24 heavy (non-hydrogen) atoms. The third-order valence-corrected chi connectivity index (χ3v) is 3.22. The molecule has 0 spiro atoms. The number of benzene rings is 1. The fourth-order valence-corrected chi connectivity index (χ4v) is 2.18. The number of rotatable bonds is 8. The summed E-state index contributed by atoms with van der Waals surface area (Å²) in [6.45, 7) is 0.205. The molecule has 0 aromatic heterocycles. The summed E-state index contributed by atoms with van der Waals surface area (Å²) in [7, 11) is 5.54. The number of ether oxygens (including phenoxy) is 4. The Balaban J connectivity index is 3.62. The van der Waals surface area contributed by atoms with Crippen LogP contribution in [0.1, 0.15) is 5.56 Å². The van der Waals surface area contributed by atoms with Crippen LogP contribution in [0.15, 0.2) is 47.6 Å². The summed E-state index contributed by atoms with van der Waals surface area (Å²) in [5, 5.41) is 0. The molecular formula is C18H22O6. The van der Waals surface area contributed by atoms with E-state index in [4.69, 9.17) is 14.2 Å². The SMILES string of the molecule is COCC(=C\C(=O)OC)/C(C(=O)OC)=C(/COC)c1ccccc1. The first-order valence-corrected chi connectivity index (χ1v) is 7.22. The maximum Gasteiger partial charge on any atom is 0.338 e. The van der Waals surface area contributed by atoms with Crippen LogP contribution in [0.2, 0.25) is 0 Å². The number of carbonyl (C=O) groups is 2. The quantitative estimate of drug-likeness (QED) is 0.411. The minimum atomic E-state index is -0.590. The van der Waals surface area contributed by atoms with Crippen LogP contribution in [-0.4, -0.2) is 53.6 Å². The summed E-state index contributed by atoms with van der Waals surface area (Å²) < 4.78 is 19.9. The van der Waals surface area contributed by atoms with Gasteiger partial charge in [0, 0.05) is 20.3 Å². The number of methoxy groups -OCH3 is 4. The Morgan fingerprint density at radius 1 is 0.917 bits per heavy atom. The predicted octanol–water partition coefficient (Wildman–Crippen LogP) is 2.01. The molecule has 1 aromatic carbocycles. The van der Waals surface area contributed by atoms with Gasteiger partial charge in [0.1, 0.15) is 0 Å². The molecule has 0 radical (unpaired) electrons. The van der Waals surface area contributed by atoms with Crippen molar-refractivity contribution in [3.05, 3.63) is 53.1 Å². The zero-order valence-electron chi connectivity index (χ0n) is 14.3. The zero-order valence-corrected chi connectivity index (χ0v) is 14.3. The van der Waals surface area contributed by atoms with E-state index in [0.717, 1.165) is 5.56 Å². The second-order valence-corrected chi connectivity index (χ2v) is 4.77. The van der Waals surface area contributed by atoms with Crippen LogP contribution in [0.25, 0.3) is 5.57 Å². The number of hydrogen-bond acceptors (Lipinski definition) is 6. The summed E-state index contributed by atoms with van der Waals surface area (Å²) in [6, 6.07) is 9.26. The minimum absolute atomic E-state index is 0.0413. The molecule has 0 N–H and O–H groups in total. The van der Waals surface area contributed by atoms with Gasteiger partial charge >= 0.3 is 11.9 Å². The summed E-state index contributed by atoms with van der Waals surface area (Å²) >= 11 is 0. The first kappa shape index (κ1) is 19.6. The standard InChI is InChI=1S/C18H22O6/c1-21-11-14(10-16(19)23-3)17(18(20)24-4)15(12-22-2)13-8-6-5-7-9-13/h5-10H,11-12H2,1-4H3/b14-10+,17-15+. The second kappa shape index (κ2) is 10.4. The lowest BCUT2D eigenvalue weighted by atomic mass is 9.94. The van der Waals surface area contributed by atoms with Gasteiger partial charge in [0.05, 0.1) is 33.0 Å². The average molecular weight is 334 g/mol. The van der Waals surface area contributed by atoms with Gasteiger partial charge in [0.25, 0.3) is 0 Å². The van der Waals surface area contributed by atoms with E-state index in [2.05, 4.69) is 4.74 Å². The summed E-state index contributed by atoms with van der Waals surface area (Å²) in [5.74, 6) is -1.17. The largest absolute Gasteiger partial charge is 0.466 e. The van der Waals surface area contributed by atoms with E-state index in [1.807, 2.05) is 30.3 Å². The van der Waals surface area contributed by atoms with E-state index in [0.29, 0.717) is 11.1 Å². The van der Waals surface area contributed by atoms with Crippen LogP contribution in [0.3, 0.4) is 0 Å². The highest BCUT2D eigenvalue weighted by Crippen LogP contribution is 2.26. The molecule has 6 heteroatoms. The molecule has 1 rings (SSSR count). The van der Waals surface area contributed by atoms with Crippen LogP contribution in [-0.2, 0) is 28.5 Å². The highest BCUT2D eigenvalue weighted by molar-refractivity contribution is 6.04. The molecule has 0 aliphatic rings. The molecule has 0 fully saturated rings. The lowest BCUT2D eigenvalue weighted by molar-refractivity contribution is -0.135. The first-order valence-electron chi connectivity index (χ1n) is 7.22. The van der Waals surface area contributed by atoms with Gasteiger partial charge in [-0.25, -0.2) is 9.59 Å². The Bertz CT molecular complexity index is 616. The van der Waals surface area contributed by atoms with Crippen LogP contribution in [0, 0.1) is 0 Å². The van der Waals surface area contributed by atoms with Gasteiger partial charge in [-0.05, 0) is 16.7 Å². The molecule has 0 amide bonds. The Morgan fingerprint density at radius 3 is 2.04 bits per heavy atom. The van der Waals surface area contributed by atoms with Crippen molar-refractivity contribution in [2.75, 3.05) is 41.7 Å². The van der Waals surface area contributed by atoms with Gasteiger partial charge in [-0.1, -0.05) is 30.3 Å². The summed E-state index contributed by atoms with van der Waals surface area (Å²) in [6.07, 6.45) is 1.22. The van der Waals surface area contributed by atoms with Crippen molar-refractivity contribution in [2.24, 2.45) is 0 Å². The molecule has 0 saturated carbocycles. The van der Waals surface area contributed by atoms with E-state index < -0.39 is 11.9 Å². The van der Waals surface area contributed by atoms with Crippen LogP contribution in [0.5, 0.6) is 0 Å². The summed E-state index contributed by atoms with van der Waals surface area (Å²) in [5.41, 5.74) is 1.95. The highest BCUT2D eigenvalue weighted by Gasteiger charge is 2.22. The van der Waals surface area contributed by atoms with Crippen molar-refractivity contribution in [2.45, 2.75) is 0 Å². The van der Waals surface area contributed by atoms with Gasteiger partial charge in [0.15, 0.2) is 0 Å². The van der Waals surface area contributed by atoms with E-state index in [-0.39, 0.29) is 18.8 Å². The number of hydrogen-bond donors (Lipinski definition) is 0. The van der Waals surface area contributed by atoms with Crippen LogP contribution in [0.4, 0.5) is 0 Å². The molecule has 6 nitrogen and oxygen atoms in total.